The third kappa shape index (κ3) is 7.59. The quantitative estimate of drug-likeness (QED) is 0.493. The van der Waals surface area contributed by atoms with Crippen LogP contribution in [0.5, 0.6) is 0 Å². The standard InChI is InChI=1S/C20H29ClN2O2S.ClH/c21-19-13-9-12-18-17(19)11-10-14-20(18)26(24,25)23-16-8-6-4-2-1-3-5-7-15-22;/h9-14,23H,1-8,15-16,22H2;1H. The van der Waals surface area contributed by atoms with Crippen molar-refractivity contribution < 1.29 is 26.6 Å². The summed E-state index contributed by atoms with van der Waals surface area (Å²) in [7, 11) is -3.53. The maximum Gasteiger partial charge on any atom is 0.241 e. The van der Waals surface area contributed by atoms with E-state index in [-0.39, 0.29) is 12.4 Å². The summed E-state index contributed by atoms with van der Waals surface area (Å²) >= 11 is 6.18. The lowest BCUT2D eigenvalue weighted by Crippen LogP contribution is -3.00. The van der Waals surface area contributed by atoms with Gasteiger partial charge in [-0.25, -0.2) is 13.1 Å². The molecule has 0 bridgehead atoms. The molecule has 0 saturated carbocycles. The average Bonchev–Trinajstić information content (AvgIpc) is 2.63. The van der Waals surface area contributed by atoms with E-state index in [0.717, 1.165) is 31.2 Å². The normalized spacial score (nSPS) is 11.5. The van der Waals surface area contributed by atoms with Crippen LogP contribution in [0.25, 0.3) is 10.8 Å². The number of sulfonamides is 1. The van der Waals surface area contributed by atoms with Gasteiger partial charge in [-0.15, -0.1) is 0 Å². The Balaban J connectivity index is 0.00000364. The summed E-state index contributed by atoms with van der Waals surface area (Å²) in [6.45, 7) is 1.50. The Morgan fingerprint density at radius 3 is 2.04 bits per heavy atom. The topological polar surface area (TPSA) is 73.8 Å². The number of fused-ring (bicyclic) bond motifs is 1. The second kappa shape index (κ2) is 12.6. The van der Waals surface area contributed by atoms with E-state index in [9.17, 15) is 8.42 Å². The van der Waals surface area contributed by atoms with Crippen LogP contribution in [0.15, 0.2) is 41.3 Å². The van der Waals surface area contributed by atoms with Crippen molar-refractivity contribution in [2.24, 2.45) is 0 Å². The zero-order chi connectivity index (χ0) is 18.8. The van der Waals surface area contributed by atoms with Gasteiger partial charge in [0.2, 0.25) is 10.0 Å². The van der Waals surface area contributed by atoms with E-state index in [1.165, 1.54) is 32.1 Å². The van der Waals surface area contributed by atoms with Crippen molar-refractivity contribution in [1.82, 2.24) is 4.72 Å². The highest BCUT2D eigenvalue weighted by Crippen LogP contribution is 2.28. The van der Waals surface area contributed by atoms with Gasteiger partial charge in [0.05, 0.1) is 11.4 Å². The summed E-state index contributed by atoms with van der Waals surface area (Å²) in [4.78, 5) is 0.294. The molecule has 0 aromatic heterocycles. The molecule has 4 nitrogen and oxygen atoms in total. The van der Waals surface area contributed by atoms with Crippen molar-refractivity contribution in [1.29, 1.82) is 0 Å². The smallest absolute Gasteiger partial charge is 0.241 e. The van der Waals surface area contributed by atoms with Crippen molar-refractivity contribution in [3.8, 4) is 0 Å². The molecule has 0 atom stereocenters. The Labute approximate surface area is 174 Å². The summed E-state index contributed by atoms with van der Waals surface area (Å²) in [6, 6.07) is 10.6. The molecule has 4 N–H and O–H groups in total. The monoisotopic (exact) mass is 432 g/mol. The third-order valence-electron chi connectivity index (χ3n) is 4.59. The van der Waals surface area contributed by atoms with E-state index in [2.05, 4.69) is 10.5 Å². The molecular formula is C20H30Cl2N2O2S. The maximum atomic E-state index is 12.6. The molecule has 0 saturated heterocycles. The lowest BCUT2D eigenvalue weighted by molar-refractivity contribution is -0.368. The van der Waals surface area contributed by atoms with Gasteiger partial charge in [-0.3, -0.25) is 0 Å². The fourth-order valence-corrected chi connectivity index (χ4v) is 4.66. The molecule has 0 amide bonds. The number of hydrogen-bond acceptors (Lipinski definition) is 2. The van der Waals surface area contributed by atoms with Gasteiger partial charge in [0.1, 0.15) is 0 Å². The molecule has 0 unspecified atom stereocenters. The van der Waals surface area contributed by atoms with E-state index < -0.39 is 10.0 Å². The van der Waals surface area contributed by atoms with Gasteiger partial charge >= 0.3 is 0 Å². The molecule has 2 aromatic carbocycles. The van der Waals surface area contributed by atoms with Crippen LogP contribution in [-0.4, -0.2) is 21.5 Å². The van der Waals surface area contributed by atoms with Gasteiger partial charge < -0.3 is 18.1 Å². The Hall–Kier alpha value is -0.850. The number of rotatable bonds is 12. The lowest BCUT2D eigenvalue weighted by atomic mass is 10.1. The van der Waals surface area contributed by atoms with E-state index in [1.54, 1.807) is 30.3 Å². The molecule has 0 aliphatic rings. The minimum absolute atomic E-state index is 0. The highest BCUT2D eigenvalue weighted by molar-refractivity contribution is 7.89. The van der Waals surface area contributed by atoms with Gasteiger partial charge in [-0.2, -0.15) is 0 Å². The number of quaternary nitrogens is 1. The molecule has 0 aliphatic heterocycles. The lowest BCUT2D eigenvalue weighted by Gasteiger charge is -2.10. The van der Waals surface area contributed by atoms with Crippen molar-refractivity contribution in [2.45, 2.75) is 56.3 Å². The van der Waals surface area contributed by atoms with Gasteiger partial charge in [-0.05, 0) is 31.4 Å². The Morgan fingerprint density at radius 2 is 1.37 bits per heavy atom. The molecule has 152 valence electrons. The molecular weight excluding hydrogens is 403 g/mol. The number of nitrogens with one attached hydrogen (secondary N) is 1. The minimum atomic E-state index is -3.53. The minimum Gasteiger partial charge on any atom is -1.00 e. The SMILES string of the molecule is [Cl-].[NH3+]CCCCCCCCCCNS(=O)(=O)c1cccc2c(Cl)cccc12. The van der Waals surface area contributed by atoms with Crippen LogP contribution < -0.4 is 22.9 Å². The first-order valence-electron chi connectivity index (χ1n) is 9.52. The first-order valence-corrected chi connectivity index (χ1v) is 11.4. The zero-order valence-electron chi connectivity index (χ0n) is 15.7. The zero-order valence-corrected chi connectivity index (χ0v) is 18.1. The predicted octanol–water partition coefficient (Wildman–Crippen LogP) is 1.14. The summed E-state index contributed by atoms with van der Waals surface area (Å²) in [5, 5.41) is 1.99. The summed E-state index contributed by atoms with van der Waals surface area (Å²) in [5.74, 6) is 0. The number of unbranched alkanes of at least 4 members (excludes halogenated alkanes) is 7. The van der Waals surface area contributed by atoms with Gasteiger partial charge in [-0.1, -0.05) is 68.0 Å². The maximum absolute atomic E-state index is 12.6. The van der Waals surface area contributed by atoms with E-state index in [4.69, 9.17) is 11.6 Å². The van der Waals surface area contributed by atoms with Crippen LogP contribution in [0.4, 0.5) is 0 Å². The van der Waals surface area contributed by atoms with Crippen LogP contribution in [0, 0.1) is 0 Å². The summed E-state index contributed by atoms with van der Waals surface area (Å²) in [6.07, 6.45) is 9.36. The van der Waals surface area contributed by atoms with Crippen LogP contribution in [-0.2, 0) is 10.0 Å². The number of hydrogen-bond donors (Lipinski definition) is 2. The van der Waals surface area contributed by atoms with Crippen molar-refractivity contribution in [2.75, 3.05) is 13.1 Å². The highest BCUT2D eigenvalue weighted by Gasteiger charge is 2.17. The predicted molar refractivity (Wildman–Crippen MR) is 109 cm³/mol. The van der Waals surface area contributed by atoms with Gasteiger partial charge in [0, 0.05) is 22.3 Å². The second-order valence-electron chi connectivity index (χ2n) is 6.67. The molecule has 7 heteroatoms. The van der Waals surface area contributed by atoms with E-state index in [0.29, 0.717) is 21.8 Å². The van der Waals surface area contributed by atoms with Crippen LogP contribution in [0.1, 0.15) is 51.4 Å². The Bertz CT molecular complexity index is 798. The molecule has 0 heterocycles. The molecule has 2 aromatic rings. The number of halogens is 2. The van der Waals surface area contributed by atoms with Crippen LogP contribution in [0.3, 0.4) is 0 Å². The fraction of sp³-hybridized carbons (Fsp3) is 0.500. The first-order chi connectivity index (χ1) is 12.6. The van der Waals surface area contributed by atoms with Crippen LogP contribution in [0.2, 0.25) is 5.02 Å². The Morgan fingerprint density at radius 1 is 0.815 bits per heavy atom. The third-order valence-corrected chi connectivity index (χ3v) is 6.44. The summed E-state index contributed by atoms with van der Waals surface area (Å²) in [5.41, 5.74) is 3.85. The first kappa shape index (κ1) is 24.2. The molecule has 2 rings (SSSR count). The molecule has 0 radical (unpaired) electrons. The fourth-order valence-electron chi connectivity index (χ4n) is 3.12. The Kier molecular flexibility index (Phi) is 11.3. The van der Waals surface area contributed by atoms with Crippen molar-refractivity contribution >= 4 is 32.4 Å². The second-order valence-corrected chi connectivity index (χ2v) is 8.81. The van der Waals surface area contributed by atoms with Crippen molar-refractivity contribution in [3.63, 3.8) is 0 Å². The average molecular weight is 433 g/mol. The summed E-state index contributed by atoms with van der Waals surface area (Å²) < 4.78 is 28.0. The van der Waals surface area contributed by atoms with Crippen molar-refractivity contribution in [3.05, 3.63) is 41.4 Å². The number of benzene rings is 2. The largest absolute Gasteiger partial charge is 1.00 e. The van der Waals surface area contributed by atoms with E-state index >= 15 is 0 Å². The van der Waals surface area contributed by atoms with Gasteiger partial charge in [0.15, 0.2) is 0 Å². The van der Waals surface area contributed by atoms with Gasteiger partial charge in [0.25, 0.3) is 0 Å². The molecule has 27 heavy (non-hydrogen) atoms. The molecule has 0 spiro atoms. The highest BCUT2D eigenvalue weighted by atomic mass is 35.5. The molecule has 0 aliphatic carbocycles. The molecule has 0 fully saturated rings. The van der Waals surface area contributed by atoms with Crippen LogP contribution >= 0.6 is 11.6 Å². The van der Waals surface area contributed by atoms with E-state index in [1.807, 2.05) is 6.07 Å².